The van der Waals surface area contributed by atoms with Crippen molar-refractivity contribution in [1.29, 1.82) is 0 Å². The molecule has 0 aromatic heterocycles. The van der Waals surface area contributed by atoms with E-state index in [0.717, 1.165) is 0 Å². The van der Waals surface area contributed by atoms with Gasteiger partial charge in [-0.1, -0.05) is 0 Å². The van der Waals surface area contributed by atoms with Gasteiger partial charge in [-0.2, -0.15) is 0 Å². The molecule has 1 atom stereocenters. The number of amidine groups is 1. The molecule has 0 spiro atoms. The fraction of sp³-hybridized carbons (Fsp3) is 0.333. The largest absolute Gasteiger partial charge is 0.332 e. The van der Waals surface area contributed by atoms with Crippen LogP contribution in [-0.2, 0) is 15.5 Å². The molecule has 2 N–H and O–H groups in total. The summed E-state index contributed by atoms with van der Waals surface area (Å²) in [5.74, 6) is 0. The zero-order chi connectivity index (χ0) is 7.56. The number of hydrazone groups is 1. The van der Waals surface area contributed by atoms with E-state index in [-0.39, 0.29) is 5.17 Å². The molecular formula is C3H5N3O3S. The van der Waals surface area contributed by atoms with Gasteiger partial charge in [0.05, 0.1) is 0 Å². The lowest BCUT2D eigenvalue weighted by molar-refractivity contribution is -0.109. The van der Waals surface area contributed by atoms with Crippen molar-refractivity contribution in [2.75, 3.05) is 0 Å². The third kappa shape index (κ3) is 1.24. The van der Waals surface area contributed by atoms with Crippen LogP contribution in [0, 0.1) is 0 Å². The van der Waals surface area contributed by atoms with E-state index in [9.17, 15) is 13.2 Å². The van der Waals surface area contributed by atoms with Gasteiger partial charge in [0.2, 0.25) is 15.9 Å². The number of nitrogens with zero attached hydrogens (tertiary/aromatic N) is 1. The smallest absolute Gasteiger partial charge is 0.238 e. The van der Waals surface area contributed by atoms with Crippen molar-refractivity contribution in [3.8, 4) is 0 Å². The Morgan fingerprint density at radius 2 is 2.30 bits per heavy atom. The van der Waals surface area contributed by atoms with E-state index in [2.05, 4.69) is 15.8 Å². The van der Waals surface area contributed by atoms with Gasteiger partial charge in [-0.05, 0) is 0 Å². The van der Waals surface area contributed by atoms with Gasteiger partial charge in [0.15, 0.2) is 12.5 Å². The number of carbonyl (C=O) groups excluding carboxylic acids is 1. The van der Waals surface area contributed by atoms with Gasteiger partial charge >= 0.3 is 0 Å². The molecule has 0 saturated carbocycles. The van der Waals surface area contributed by atoms with Gasteiger partial charge in [-0.15, -0.1) is 5.10 Å². The molecule has 0 saturated heterocycles. The summed E-state index contributed by atoms with van der Waals surface area (Å²) in [5.41, 5.74) is 2.26. The molecule has 6 nitrogen and oxygen atoms in total. The molecule has 56 valence electrons. The van der Waals surface area contributed by atoms with Crippen LogP contribution in [0.3, 0.4) is 0 Å². The summed E-state index contributed by atoms with van der Waals surface area (Å²) < 4.78 is 20.3. The van der Waals surface area contributed by atoms with Crippen LogP contribution in [0.25, 0.3) is 0 Å². The molecule has 1 unspecified atom stereocenters. The second-order valence-corrected chi connectivity index (χ2v) is 2.52. The molecule has 0 aromatic carbocycles. The van der Waals surface area contributed by atoms with Crippen molar-refractivity contribution in [1.82, 2.24) is 10.7 Å². The molecule has 0 aliphatic carbocycles. The minimum absolute atomic E-state index is 0.202. The Morgan fingerprint density at radius 1 is 1.60 bits per heavy atom. The zero-order valence-electron chi connectivity index (χ0n) is 4.77. The highest BCUT2D eigenvalue weighted by molar-refractivity contribution is 7.89. The molecule has 0 radical (unpaired) electrons. The number of carbonyl (C=O) groups is 1. The average molecular weight is 163 g/mol. The van der Waals surface area contributed by atoms with Crippen molar-refractivity contribution in [3.05, 3.63) is 0 Å². The third-order valence-corrected chi connectivity index (χ3v) is 1.48. The minimum Gasteiger partial charge on any atom is -0.332 e. The number of hydrogen-bond donors (Lipinski definition) is 3. The molecule has 1 aliphatic heterocycles. The van der Waals surface area contributed by atoms with Gasteiger partial charge in [-0.3, -0.25) is 10.2 Å². The van der Waals surface area contributed by atoms with Gasteiger partial charge < -0.3 is 5.32 Å². The Morgan fingerprint density at radius 3 is 2.60 bits per heavy atom. The highest BCUT2D eigenvalue weighted by atomic mass is 32.2. The first-order valence-corrected chi connectivity index (χ1v) is 3.61. The number of rotatable bonds is 1. The monoisotopic (exact) mass is 163 g/mol. The summed E-state index contributed by atoms with van der Waals surface area (Å²) in [4.78, 5) is 9.98. The summed E-state index contributed by atoms with van der Waals surface area (Å²) in [6.07, 6.45) is -0.182. The molecule has 7 heteroatoms. The number of thiol groups is 1. The van der Waals surface area contributed by atoms with Gasteiger partial charge in [0, 0.05) is 0 Å². The molecule has 0 aromatic rings. The van der Waals surface area contributed by atoms with Crippen LogP contribution in [0.2, 0.25) is 0 Å². The van der Waals surface area contributed by atoms with E-state index in [4.69, 9.17) is 0 Å². The quantitative estimate of drug-likeness (QED) is 0.296. The maximum Gasteiger partial charge on any atom is 0.238 e. The van der Waals surface area contributed by atoms with Crippen molar-refractivity contribution in [3.63, 3.8) is 0 Å². The average Bonchev–Trinajstić information content (AvgIpc) is 2.34. The Bertz CT molecular complexity index is 237. The number of nitrogens with one attached hydrogen (secondary N) is 2. The van der Waals surface area contributed by atoms with Gasteiger partial charge in [-0.25, -0.2) is 8.42 Å². The van der Waals surface area contributed by atoms with Gasteiger partial charge in [0.25, 0.3) is 0 Å². The van der Waals surface area contributed by atoms with E-state index in [0.29, 0.717) is 6.29 Å². The lowest BCUT2D eigenvalue weighted by Gasteiger charge is -1.98. The molecule has 0 bridgehead atoms. The third-order valence-electron chi connectivity index (χ3n) is 0.903. The predicted molar refractivity (Wildman–Crippen MR) is 33.9 cm³/mol. The predicted octanol–water partition coefficient (Wildman–Crippen LogP) is -2.41. The molecule has 1 heterocycles. The Kier molecular flexibility index (Phi) is 1.86. The Labute approximate surface area is 58.2 Å². The summed E-state index contributed by atoms with van der Waals surface area (Å²) >= 11 is 0. The normalized spacial score (nSPS) is 23.3. The first kappa shape index (κ1) is 7.00. The summed E-state index contributed by atoms with van der Waals surface area (Å²) in [5, 5.41) is 5.43. The molecule has 10 heavy (non-hydrogen) atoms. The highest BCUT2D eigenvalue weighted by Crippen LogP contribution is 1.85. The van der Waals surface area contributed by atoms with E-state index in [1.54, 1.807) is 0 Å². The molecular weight excluding hydrogens is 158 g/mol. The van der Waals surface area contributed by atoms with Crippen LogP contribution in [0.5, 0.6) is 0 Å². The first-order valence-electron chi connectivity index (χ1n) is 2.43. The highest BCUT2D eigenvalue weighted by Gasteiger charge is 2.16. The van der Waals surface area contributed by atoms with Crippen LogP contribution >= 0.6 is 0 Å². The van der Waals surface area contributed by atoms with E-state index in [1.165, 1.54) is 0 Å². The SMILES string of the molecule is O=CC1NN=C([SH](=O)=O)N1. The number of aldehydes is 1. The van der Waals surface area contributed by atoms with Crippen LogP contribution in [0.1, 0.15) is 0 Å². The minimum atomic E-state index is -2.72. The first-order chi connectivity index (χ1) is 4.74. The van der Waals surface area contributed by atoms with Crippen LogP contribution in [-0.4, -0.2) is 26.0 Å². The van der Waals surface area contributed by atoms with Crippen molar-refractivity contribution >= 4 is 22.2 Å². The second-order valence-electron chi connectivity index (χ2n) is 1.58. The standard InChI is InChI=1S/C3H5N3O3S/c7-1-2-4-3(6-5-2)10(8)9/h1-2,5,10H,(H,4,6). The Balaban J connectivity index is 2.63. The van der Waals surface area contributed by atoms with Crippen LogP contribution < -0.4 is 10.7 Å². The van der Waals surface area contributed by atoms with Gasteiger partial charge in [0.1, 0.15) is 0 Å². The van der Waals surface area contributed by atoms with E-state index >= 15 is 0 Å². The van der Waals surface area contributed by atoms with E-state index in [1.807, 2.05) is 0 Å². The van der Waals surface area contributed by atoms with Crippen LogP contribution in [0.15, 0.2) is 5.10 Å². The lowest BCUT2D eigenvalue weighted by Crippen LogP contribution is -2.36. The molecule has 1 rings (SSSR count). The maximum atomic E-state index is 10.2. The topological polar surface area (TPSA) is 87.6 Å². The summed E-state index contributed by atoms with van der Waals surface area (Å²) in [6.45, 7) is 0. The van der Waals surface area contributed by atoms with Crippen LogP contribution in [0.4, 0.5) is 0 Å². The molecule has 0 fully saturated rings. The summed E-state index contributed by atoms with van der Waals surface area (Å²) in [7, 11) is -2.72. The molecule has 1 aliphatic rings. The number of hydrogen-bond acceptors (Lipinski definition) is 6. The zero-order valence-corrected chi connectivity index (χ0v) is 5.67. The van der Waals surface area contributed by atoms with Crippen molar-refractivity contribution in [2.45, 2.75) is 6.17 Å². The fourth-order valence-electron chi connectivity index (χ4n) is 0.492. The molecule has 0 amide bonds. The fourth-order valence-corrected chi connectivity index (χ4v) is 0.876. The maximum absolute atomic E-state index is 10.2. The Hall–Kier alpha value is -1.11. The van der Waals surface area contributed by atoms with Crippen molar-refractivity contribution < 1.29 is 13.2 Å². The lowest BCUT2D eigenvalue weighted by atomic mass is 10.6. The summed E-state index contributed by atoms with van der Waals surface area (Å²) in [6, 6.07) is 0. The van der Waals surface area contributed by atoms with E-state index < -0.39 is 16.9 Å². The second kappa shape index (κ2) is 2.65. The van der Waals surface area contributed by atoms with Crippen molar-refractivity contribution in [2.24, 2.45) is 5.10 Å².